The number of halogens is 1. The number of carbonyl (C=O) groups is 2. The van der Waals surface area contributed by atoms with Crippen LogP contribution in [0.25, 0.3) is 0 Å². The molecule has 1 saturated carbocycles. The zero-order valence-electron chi connectivity index (χ0n) is 29.3. The minimum absolute atomic E-state index is 0. The Morgan fingerprint density at radius 2 is 1.56 bits per heavy atom. The van der Waals surface area contributed by atoms with Gasteiger partial charge in [0.1, 0.15) is 54.9 Å². The van der Waals surface area contributed by atoms with Gasteiger partial charge in [-0.05, 0) is 49.9 Å². The molecule has 16 nitrogen and oxygen atoms in total. The summed E-state index contributed by atoms with van der Waals surface area (Å²) in [4.78, 5) is 25.1. The number of carbonyl (C=O) groups excluding carboxylic acids is 2. The molecule has 3 aliphatic heterocycles. The van der Waals surface area contributed by atoms with Crippen LogP contribution in [0.15, 0.2) is 24.3 Å². The second kappa shape index (κ2) is 20.2. The Kier molecular flexibility index (Phi) is 17.0. The Labute approximate surface area is 328 Å². The van der Waals surface area contributed by atoms with Crippen LogP contribution in [0.1, 0.15) is 62.2 Å². The molecule has 4 aliphatic rings. The maximum absolute atomic E-state index is 12.9. The summed E-state index contributed by atoms with van der Waals surface area (Å²) in [5.74, 6) is -1.90. The molecule has 14 atom stereocenters. The van der Waals surface area contributed by atoms with E-state index in [1.807, 2.05) is 0 Å². The summed E-state index contributed by atoms with van der Waals surface area (Å²) >= 11 is 5.95. The van der Waals surface area contributed by atoms with Gasteiger partial charge in [0, 0.05) is 23.7 Å². The predicted octanol–water partition coefficient (Wildman–Crippen LogP) is -4.63. The van der Waals surface area contributed by atoms with Crippen LogP contribution < -0.4 is 40.0 Å². The SMILES string of the molecule is C[C@H]1O[C@H](O[C@H]2C(CNC(=O)c3ccc(Cl)cc3)OCC[C@@H]2O[C@H]2O[C@@H](CO)[C@@H](O)[C@H](O[C@@H](CC3CCCCC3)C(=O)[O-])[C@H]2O)[C@@H](O)[C@H](O)[C@H]1O.[Na+]. The molecular formula is C34H49ClNNaO15. The number of carboxylic acids is 1. The molecule has 7 N–H and O–H groups in total. The van der Waals surface area contributed by atoms with Gasteiger partial charge >= 0.3 is 29.6 Å². The van der Waals surface area contributed by atoms with E-state index in [0.717, 1.165) is 32.1 Å². The molecule has 3 heterocycles. The Balaban J connectivity index is 0.00000605. The van der Waals surface area contributed by atoms with Crippen LogP contribution in [-0.4, -0.2) is 148 Å². The van der Waals surface area contributed by atoms with Crippen molar-refractivity contribution in [2.24, 2.45) is 5.92 Å². The number of ether oxygens (including phenoxy) is 6. The topological polar surface area (TPSA) is 246 Å². The van der Waals surface area contributed by atoms with Gasteiger partial charge in [-0.2, -0.15) is 0 Å². The van der Waals surface area contributed by atoms with E-state index in [-0.39, 0.29) is 61.5 Å². The molecule has 0 bridgehead atoms. The molecule has 5 rings (SSSR count). The van der Waals surface area contributed by atoms with Crippen LogP contribution in [0.4, 0.5) is 0 Å². The molecule has 1 aromatic carbocycles. The number of carboxylic acid groups (broad SMARTS) is 1. The van der Waals surface area contributed by atoms with Gasteiger partial charge in [-0.1, -0.05) is 43.7 Å². The fraction of sp³-hybridized carbons (Fsp3) is 0.765. The van der Waals surface area contributed by atoms with Crippen molar-refractivity contribution in [1.29, 1.82) is 0 Å². The number of amides is 1. The number of hydrogen-bond acceptors (Lipinski definition) is 15. The van der Waals surface area contributed by atoms with Crippen molar-refractivity contribution in [3.8, 4) is 0 Å². The minimum Gasteiger partial charge on any atom is -0.547 e. The van der Waals surface area contributed by atoms with Gasteiger partial charge in [0.15, 0.2) is 12.6 Å². The van der Waals surface area contributed by atoms with Gasteiger partial charge in [0.2, 0.25) is 0 Å². The molecule has 0 spiro atoms. The quantitative estimate of drug-likeness (QED) is 0.0934. The molecule has 0 aromatic heterocycles. The third-order valence-electron chi connectivity index (χ3n) is 10.1. The van der Waals surface area contributed by atoms with Crippen molar-refractivity contribution in [3.63, 3.8) is 0 Å². The number of hydrogen-bond donors (Lipinski definition) is 7. The van der Waals surface area contributed by atoms with E-state index in [4.69, 9.17) is 40.0 Å². The fourth-order valence-corrected chi connectivity index (χ4v) is 7.25. The first-order valence-electron chi connectivity index (χ1n) is 17.5. The molecule has 18 heteroatoms. The first-order chi connectivity index (χ1) is 24.4. The maximum atomic E-state index is 12.9. The Hall–Kier alpha value is -1.03. The minimum atomic E-state index is -1.75. The van der Waals surface area contributed by atoms with E-state index in [1.54, 1.807) is 12.1 Å². The maximum Gasteiger partial charge on any atom is 1.00 e. The van der Waals surface area contributed by atoms with Crippen LogP contribution in [0.2, 0.25) is 5.02 Å². The van der Waals surface area contributed by atoms with E-state index in [0.29, 0.717) is 10.6 Å². The van der Waals surface area contributed by atoms with Gasteiger partial charge in [-0.25, -0.2) is 0 Å². The summed E-state index contributed by atoms with van der Waals surface area (Å²) in [5.41, 5.74) is 0.314. The second-order valence-electron chi connectivity index (χ2n) is 13.7. The van der Waals surface area contributed by atoms with Crippen molar-refractivity contribution < 1.29 is 103 Å². The monoisotopic (exact) mass is 769 g/mol. The normalized spacial score (nSPS) is 37.8. The summed E-state index contributed by atoms with van der Waals surface area (Å²) in [5, 5.41) is 79.2. The van der Waals surface area contributed by atoms with Crippen molar-refractivity contribution in [1.82, 2.24) is 5.32 Å². The van der Waals surface area contributed by atoms with Crippen LogP contribution in [0.5, 0.6) is 0 Å². The van der Waals surface area contributed by atoms with Crippen molar-refractivity contribution in [2.45, 2.75) is 138 Å². The van der Waals surface area contributed by atoms with Crippen LogP contribution >= 0.6 is 11.6 Å². The zero-order valence-corrected chi connectivity index (χ0v) is 32.0. The first kappa shape index (κ1) is 43.7. The molecular weight excluding hydrogens is 721 g/mol. The molecule has 0 radical (unpaired) electrons. The van der Waals surface area contributed by atoms with E-state index >= 15 is 0 Å². The summed E-state index contributed by atoms with van der Waals surface area (Å²) in [6.07, 6.45) is -14.8. The van der Waals surface area contributed by atoms with Crippen LogP contribution in [0, 0.1) is 5.92 Å². The standard InChI is InChI=1S/C34H50ClNO15.Na/c1-16-24(38)26(40)27(41)33(47-16)51-29-20(11-12-46-22(29)14-36-31(43)18-7-9-19(35)10-8-18)49-34-28(42)30(25(39)23(15-37)50-34)48-21(32(44)45)13-17-5-3-2-4-6-17;/h7-10,16-17,20-30,33-34,37-42H,2-6,11-15H2,1H3,(H,36,43)(H,44,45);/q;+1/p-1/t16-,20+,21+,22?,23+,24+,25-,26-,27+,28-,29-,30+,33-,34+;/m1./s1. The summed E-state index contributed by atoms with van der Waals surface area (Å²) in [6.45, 7) is 0.689. The van der Waals surface area contributed by atoms with Gasteiger partial charge in [-0.3, -0.25) is 4.79 Å². The third kappa shape index (κ3) is 10.8. The second-order valence-corrected chi connectivity index (χ2v) is 14.2. The average Bonchev–Trinajstić information content (AvgIpc) is 3.12. The number of aliphatic hydroxyl groups excluding tert-OH is 6. The molecule has 1 unspecified atom stereocenters. The number of rotatable bonds is 13. The van der Waals surface area contributed by atoms with E-state index < -0.39 is 104 Å². The van der Waals surface area contributed by atoms with E-state index in [1.165, 1.54) is 19.1 Å². The summed E-state index contributed by atoms with van der Waals surface area (Å²) < 4.78 is 35.6. The number of aliphatic hydroxyl groups is 6. The molecule has 52 heavy (non-hydrogen) atoms. The average molecular weight is 770 g/mol. The molecule has 3 saturated heterocycles. The van der Waals surface area contributed by atoms with Gasteiger partial charge in [-0.15, -0.1) is 0 Å². The van der Waals surface area contributed by atoms with Gasteiger partial charge in [0.25, 0.3) is 5.91 Å². The molecule has 4 fully saturated rings. The van der Waals surface area contributed by atoms with Gasteiger partial charge in [0.05, 0.1) is 30.9 Å². The van der Waals surface area contributed by atoms with Gasteiger partial charge < -0.3 is 74.3 Å². The zero-order chi connectivity index (χ0) is 36.8. The third-order valence-corrected chi connectivity index (χ3v) is 10.4. The Morgan fingerprint density at radius 1 is 0.885 bits per heavy atom. The number of benzene rings is 1. The Morgan fingerprint density at radius 3 is 2.21 bits per heavy atom. The van der Waals surface area contributed by atoms with E-state index in [9.17, 15) is 45.3 Å². The summed E-state index contributed by atoms with van der Waals surface area (Å²) in [7, 11) is 0. The first-order valence-corrected chi connectivity index (χ1v) is 17.9. The fourth-order valence-electron chi connectivity index (χ4n) is 7.13. The molecule has 288 valence electrons. The van der Waals surface area contributed by atoms with Crippen molar-refractivity contribution in [2.75, 3.05) is 19.8 Å². The van der Waals surface area contributed by atoms with Crippen LogP contribution in [0.3, 0.4) is 0 Å². The smallest absolute Gasteiger partial charge is 0.547 e. The largest absolute Gasteiger partial charge is 1.00 e. The number of nitrogens with one attached hydrogen (secondary N) is 1. The number of aliphatic carboxylic acids is 1. The van der Waals surface area contributed by atoms with E-state index in [2.05, 4.69) is 5.32 Å². The van der Waals surface area contributed by atoms with Crippen LogP contribution in [-0.2, 0) is 33.2 Å². The van der Waals surface area contributed by atoms with Crippen molar-refractivity contribution >= 4 is 23.5 Å². The predicted molar refractivity (Wildman–Crippen MR) is 173 cm³/mol. The molecule has 1 aromatic rings. The summed E-state index contributed by atoms with van der Waals surface area (Å²) in [6, 6.07) is 6.18. The molecule has 1 aliphatic carbocycles. The van der Waals surface area contributed by atoms with Crippen molar-refractivity contribution in [3.05, 3.63) is 34.9 Å². The Bertz CT molecular complexity index is 1280. The molecule has 1 amide bonds.